The summed E-state index contributed by atoms with van der Waals surface area (Å²) in [4.78, 5) is 14.2. The van der Waals surface area contributed by atoms with Gasteiger partial charge < -0.3 is 0 Å². The summed E-state index contributed by atoms with van der Waals surface area (Å²) in [5.41, 5.74) is 5.82. The Bertz CT molecular complexity index is 1410. The minimum absolute atomic E-state index is 0.820. The molecule has 0 bridgehead atoms. The lowest BCUT2D eigenvalue weighted by molar-refractivity contribution is 1.08. The Morgan fingerprint density at radius 1 is 0.516 bits per heavy atom. The van der Waals surface area contributed by atoms with Crippen LogP contribution in [0.2, 0.25) is 0 Å². The Morgan fingerprint density at radius 2 is 1.10 bits per heavy atom. The molecule has 4 aromatic heterocycles. The molecule has 31 heavy (non-hydrogen) atoms. The second-order valence-corrected chi connectivity index (χ2v) is 7.40. The molecule has 0 aliphatic heterocycles. The van der Waals surface area contributed by atoms with E-state index in [1.165, 1.54) is 10.8 Å². The second-order valence-electron chi connectivity index (χ2n) is 7.40. The number of fused-ring (bicyclic) bond motifs is 3. The van der Waals surface area contributed by atoms with Crippen molar-refractivity contribution in [2.24, 2.45) is 0 Å². The lowest BCUT2D eigenvalue weighted by Crippen LogP contribution is -2.00. The van der Waals surface area contributed by atoms with Gasteiger partial charge in [0, 0.05) is 28.7 Å². The van der Waals surface area contributed by atoms with Gasteiger partial charge in [0.1, 0.15) is 5.82 Å². The SMILES string of the molecule is c1ccc(-c2cc(-c3ccccn3)nc(-n3c4ccccc4c4ccccc43)c2)nc1. The molecule has 0 saturated carbocycles. The lowest BCUT2D eigenvalue weighted by Gasteiger charge is -2.12. The van der Waals surface area contributed by atoms with Crippen LogP contribution < -0.4 is 0 Å². The molecule has 0 fully saturated rings. The van der Waals surface area contributed by atoms with E-state index in [1.807, 2.05) is 42.6 Å². The Morgan fingerprint density at radius 3 is 1.71 bits per heavy atom. The zero-order valence-electron chi connectivity index (χ0n) is 16.7. The molecule has 0 N–H and O–H groups in total. The van der Waals surface area contributed by atoms with Crippen LogP contribution in [-0.4, -0.2) is 19.5 Å². The molecule has 0 atom stereocenters. The van der Waals surface area contributed by atoms with Gasteiger partial charge in [-0.1, -0.05) is 48.5 Å². The van der Waals surface area contributed by atoms with Crippen LogP contribution >= 0.6 is 0 Å². The van der Waals surface area contributed by atoms with E-state index in [0.717, 1.165) is 39.5 Å². The van der Waals surface area contributed by atoms with Gasteiger partial charge in [0.15, 0.2) is 0 Å². The smallest absolute Gasteiger partial charge is 0.139 e. The topological polar surface area (TPSA) is 43.6 Å². The molecule has 0 radical (unpaired) electrons. The summed E-state index contributed by atoms with van der Waals surface area (Å²) < 4.78 is 2.23. The number of para-hydroxylation sites is 2. The lowest BCUT2D eigenvalue weighted by atomic mass is 10.1. The van der Waals surface area contributed by atoms with Gasteiger partial charge in [0.2, 0.25) is 0 Å². The summed E-state index contributed by atoms with van der Waals surface area (Å²) in [5, 5.41) is 2.42. The van der Waals surface area contributed by atoms with Crippen molar-refractivity contribution >= 4 is 21.8 Å². The predicted molar refractivity (Wildman–Crippen MR) is 125 cm³/mol. The zero-order valence-corrected chi connectivity index (χ0v) is 16.7. The van der Waals surface area contributed by atoms with Crippen LogP contribution in [0, 0.1) is 0 Å². The highest BCUT2D eigenvalue weighted by Crippen LogP contribution is 2.33. The van der Waals surface area contributed by atoms with Crippen LogP contribution in [0.3, 0.4) is 0 Å². The summed E-state index contributed by atoms with van der Waals surface area (Å²) in [6.07, 6.45) is 3.61. The number of benzene rings is 2. The molecule has 146 valence electrons. The number of pyridine rings is 3. The molecule has 4 nitrogen and oxygen atoms in total. The van der Waals surface area contributed by atoms with Crippen molar-refractivity contribution in [2.45, 2.75) is 0 Å². The van der Waals surface area contributed by atoms with Crippen LogP contribution in [0.5, 0.6) is 0 Å². The summed E-state index contributed by atoms with van der Waals surface area (Å²) in [7, 11) is 0. The second kappa shape index (κ2) is 7.18. The number of rotatable bonds is 3. The van der Waals surface area contributed by atoms with Crippen LogP contribution in [0.25, 0.3) is 50.3 Å². The van der Waals surface area contributed by atoms with Crippen molar-refractivity contribution < 1.29 is 0 Å². The highest BCUT2D eigenvalue weighted by molar-refractivity contribution is 6.09. The van der Waals surface area contributed by atoms with E-state index in [1.54, 1.807) is 6.20 Å². The molecule has 4 heterocycles. The standard InChI is InChI=1S/C27H18N4/c1-3-13-25-20(9-1)21-10-2-4-14-26(21)31(25)27-18-19(22-11-5-7-15-28-22)17-24(30-27)23-12-6-8-16-29-23/h1-18H. The molecule has 0 aliphatic rings. The Kier molecular flexibility index (Phi) is 4.06. The molecule has 0 saturated heterocycles. The van der Waals surface area contributed by atoms with E-state index in [0.29, 0.717) is 0 Å². The minimum Gasteiger partial charge on any atom is -0.294 e. The van der Waals surface area contributed by atoms with Gasteiger partial charge in [0.25, 0.3) is 0 Å². The van der Waals surface area contributed by atoms with Gasteiger partial charge >= 0.3 is 0 Å². The maximum atomic E-state index is 5.04. The number of hydrogen-bond acceptors (Lipinski definition) is 3. The van der Waals surface area contributed by atoms with Crippen LogP contribution in [-0.2, 0) is 0 Å². The maximum Gasteiger partial charge on any atom is 0.139 e. The largest absolute Gasteiger partial charge is 0.294 e. The first kappa shape index (κ1) is 17.5. The van der Waals surface area contributed by atoms with E-state index in [9.17, 15) is 0 Å². The molecular formula is C27H18N4. The predicted octanol–water partition coefficient (Wildman–Crippen LogP) is 6.30. The van der Waals surface area contributed by atoms with Crippen LogP contribution in [0.15, 0.2) is 109 Å². The molecule has 6 aromatic rings. The van der Waals surface area contributed by atoms with E-state index in [4.69, 9.17) is 4.98 Å². The molecular weight excluding hydrogens is 380 g/mol. The first-order valence-corrected chi connectivity index (χ1v) is 10.2. The number of nitrogens with zero attached hydrogens (tertiary/aromatic N) is 4. The molecule has 6 rings (SSSR count). The molecule has 0 spiro atoms. The first-order valence-electron chi connectivity index (χ1n) is 10.2. The monoisotopic (exact) mass is 398 g/mol. The summed E-state index contributed by atoms with van der Waals surface area (Å²) in [6.45, 7) is 0. The molecule has 4 heteroatoms. The van der Waals surface area contributed by atoms with Gasteiger partial charge in [-0.25, -0.2) is 4.98 Å². The third kappa shape index (κ3) is 2.97. The number of hydrogen-bond donors (Lipinski definition) is 0. The van der Waals surface area contributed by atoms with Gasteiger partial charge in [-0.2, -0.15) is 0 Å². The zero-order chi connectivity index (χ0) is 20.6. The van der Waals surface area contributed by atoms with Crippen LogP contribution in [0.1, 0.15) is 0 Å². The fourth-order valence-corrected chi connectivity index (χ4v) is 4.13. The van der Waals surface area contributed by atoms with Gasteiger partial charge in [-0.3, -0.25) is 14.5 Å². The van der Waals surface area contributed by atoms with Crippen molar-refractivity contribution in [1.82, 2.24) is 19.5 Å². The normalized spacial score (nSPS) is 11.2. The summed E-state index contributed by atoms with van der Waals surface area (Å²) in [5.74, 6) is 0.848. The Hall–Kier alpha value is -4.31. The molecule has 0 amide bonds. The average Bonchev–Trinajstić information content (AvgIpc) is 3.19. The summed E-state index contributed by atoms with van der Waals surface area (Å²) >= 11 is 0. The first-order chi connectivity index (χ1) is 15.4. The average molecular weight is 398 g/mol. The van der Waals surface area contributed by atoms with Gasteiger partial charge in [-0.05, 0) is 48.5 Å². The fourth-order valence-electron chi connectivity index (χ4n) is 4.13. The van der Waals surface area contributed by atoms with Gasteiger partial charge in [-0.15, -0.1) is 0 Å². The van der Waals surface area contributed by atoms with E-state index >= 15 is 0 Å². The van der Waals surface area contributed by atoms with Crippen molar-refractivity contribution in [1.29, 1.82) is 0 Å². The Labute approximate surface area is 179 Å². The van der Waals surface area contributed by atoms with Gasteiger partial charge in [0.05, 0.1) is 28.1 Å². The third-order valence-corrected chi connectivity index (χ3v) is 5.51. The minimum atomic E-state index is 0.820. The van der Waals surface area contributed by atoms with Crippen molar-refractivity contribution in [2.75, 3.05) is 0 Å². The van der Waals surface area contributed by atoms with Crippen molar-refractivity contribution in [3.05, 3.63) is 109 Å². The highest BCUT2D eigenvalue weighted by atomic mass is 15.1. The number of aromatic nitrogens is 4. The van der Waals surface area contributed by atoms with Crippen molar-refractivity contribution in [3.8, 4) is 28.5 Å². The quantitative estimate of drug-likeness (QED) is 0.351. The molecule has 0 unspecified atom stereocenters. The highest BCUT2D eigenvalue weighted by Gasteiger charge is 2.15. The summed E-state index contributed by atoms with van der Waals surface area (Å²) in [6, 6.07) is 32.9. The fraction of sp³-hybridized carbons (Fsp3) is 0. The van der Waals surface area contributed by atoms with E-state index in [-0.39, 0.29) is 0 Å². The Balaban J connectivity index is 1.69. The molecule has 2 aromatic carbocycles. The van der Waals surface area contributed by atoms with E-state index in [2.05, 4.69) is 75.2 Å². The molecule has 0 aliphatic carbocycles. The third-order valence-electron chi connectivity index (χ3n) is 5.51. The maximum absolute atomic E-state index is 5.04. The van der Waals surface area contributed by atoms with Crippen molar-refractivity contribution in [3.63, 3.8) is 0 Å². The van der Waals surface area contributed by atoms with Crippen LogP contribution in [0.4, 0.5) is 0 Å². The van der Waals surface area contributed by atoms with E-state index < -0.39 is 0 Å².